The Hall–Kier alpha value is -1.46. The second kappa shape index (κ2) is 6.33. The Kier molecular flexibility index (Phi) is 4.28. The zero-order valence-corrected chi connectivity index (χ0v) is 12.1. The topological polar surface area (TPSA) is 28.2 Å². The molecular weight excluding hydrogens is 273 g/mol. The second-order valence-electron chi connectivity index (χ2n) is 5.05. The summed E-state index contributed by atoms with van der Waals surface area (Å²) >= 11 is 1.66. The number of rotatable bonds is 4. The van der Waals surface area contributed by atoms with Crippen LogP contribution in [0.25, 0.3) is 0 Å². The van der Waals surface area contributed by atoms with Crippen molar-refractivity contribution in [3.05, 3.63) is 46.7 Å². The van der Waals surface area contributed by atoms with Gasteiger partial charge in [-0.2, -0.15) is 0 Å². The molecule has 0 aliphatic carbocycles. The van der Waals surface area contributed by atoms with E-state index in [1.165, 1.54) is 36.3 Å². The number of benzene rings is 1. The number of hydrogen-bond acceptors (Lipinski definition) is 4. The average Bonchev–Trinajstić information content (AvgIpc) is 3.01. The molecule has 3 nitrogen and oxygen atoms in total. The Morgan fingerprint density at radius 2 is 1.90 bits per heavy atom. The van der Waals surface area contributed by atoms with E-state index in [0.29, 0.717) is 0 Å². The fourth-order valence-electron chi connectivity index (χ4n) is 2.58. The van der Waals surface area contributed by atoms with Crippen molar-refractivity contribution in [2.24, 2.45) is 0 Å². The smallest absolute Gasteiger partial charge is 0.123 e. The molecule has 0 saturated carbocycles. The molecule has 0 spiro atoms. The maximum Gasteiger partial charge on any atom is 0.123 e. The highest BCUT2D eigenvalue weighted by molar-refractivity contribution is 7.09. The second-order valence-corrected chi connectivity index (χ2v) is 5.97. The summed E-state index contributed by atoms with van der Waals surface area (Å²) in [4.78, 5) is 7.84. The normalized spacial score (nSPS) is 17.9. The van der Waals surface area contributed by atoms with Crippen LogP contribution in [0.1, 0.15) is 30.3 Å². The standard InChI is InChI=1S/C15H18FN3S/c16-12-4-6-13(7-5-12)18-15(14-10-17-11-20-14)19-8-2-1-3-9-19/h4-7,10-11,15,18H,1-3,8-9H2. The van der Waals surface area contributed by atoms with E-state index >= 15 is 0 Å². The van der Waals surface area contributed by atoms with Gasteiger partial charge in [-0.15, -0.1) is 11.3 Å². The van der Waals surface area contributed by atoms with E-state index in [1.807, 2.05) is 11.7 Å². The van der Waals surface area contributed by atoms with Crippen LogP contribution in [0, 0.1) is 5.82 Å². The summed E-state index contributed by atoms with van der Waals surface area (Å²) in [6.45, 7) is 2.19. The molecule has 0 amide bonds. The first kappa shape index (κ1) is 13.5. The maximum atomic E-state index is 13.0. The molecule has 1 aliphatic heterocycles. The van der Waals surface area contributed by atoms with Crippen molar-refractivity contribution in [1.29, 1.82) is 0 Å². The molecule has 0 radical (unpaired) electrons. The number of piperidine rings is 1. The molecule has 1 atom stereocenters. The van der Waals surface area contributed by atoms with Crippen LogP contribution in [-0.2, 0) is 0 Å². The summed E-state index contributed by atoms with van der Waals surface area (Å²) in [5, 5.41) is 3.51. The summed E-state index contributed by atoms with van der Waals surface area (Å²) in [5.41, 5.74) is 2.80. The van der Waals surface area contributed by atoms with Crippen molar-refractivity contribution in [3.8, 4) is 0 Å². The van der Waals surface area contributed by atoms with Gasteiger partial charge in [0.2, 0.25) is 0 Å². The van der Waals surface area contributed by atoms with Crippen LogP contribution in [0.3, 0.4) is 0 Å². The molecule has 2 aromatic rings. The lowest BCUT2D eigenvalue weighted by atomic mass is 10.1. The minimum absolute atomic E-state index is 0.133. The summed E-state index contributed by atoms with van der Waals surface area (Å²) in [7, 11) is 0. The number of likely N-dealkylation sites (tertiary alicyclic amines) is 1. The molecule has 3 rings (SSSR count). The SMILES string of the molecule is Fc1ccc(NC(c2cncs2)N2CCCCC2)cc1. The lowest BCUT2D eigenvalue weighted by molar-refractivity contribution is 0.182. The fourth-order valence-corrected chi connectivity index (χ4v) is 3.29. The molecule has 106 valence electrons. The van der Waals surface area contributed by atoms with Crippen molar-refractivity contribution < 1.29 is 4.39 Å². The van der Waals surface area contributed by atoms with Gasteiger partial charge in [-0.3, -0.25) is 9.88 Å². The first-order valence-electron chi connectivity index (χ1n) is 6.97. The Balaban J connectivity index is 1.79. The first-order chi connectivity index (χ1) is 9.83. The van der Waals surface area contributed by atoms with Crippen LogP contribution in [0.15, 0.2) is 36.0 Å². The monoisotopic (exact) mass is 291 g/mol. The Bertz CT molecular complexity index is 521. The number of anilines is 1. The van der Waals surface area contributed by atoms with E-state index in [0.717, 1.165) is 18.8 Å². The fraction of sp³-hybridized carbons (Fsp3) is 0.400. The molecule has 1 aliphatic rings. The number of nitrogens with zero attached hydrogens (tertiary/aromatic N) is 2. The molecule has 1 aromatic heterocycles. The zero-order valence-electron chi connectivity index (χ0n) is 11.3. The van der Waals surface area contributed by atoms with Gasteiger partial charge in [0.15, 0.2) is 0 Å². The van der Waals surface area contributed by atoms with E-state index in [1.54, 1.807) is 23.5 Å². The van der Waals surface area contributed by atoms with Crippen molar-refractivity contribution in [2.45, 2.75) is 25.4 Å². The minimum Gasteiger partial charge on any atom is -0.365 e. The molecule has 0 bridgehead atoms. The predicted octanol–water partition coefficient (Wildman–Crippen LogP) is 3.88. The van der Waals surface area contributed by atoms with Crippen LogP contribution >= 0.6 is 11.3 Å². The van der Waals surface area contributed by atoms with Gasteiger partial charge in [0.1, 0.15) is 12.0 Å². The van der Waals surface area contributed by atoms with E-state index in [9.17, 15) is 4.39 Å². The number of nitrogens with one attached hydrogen (secondary N) is 1. The van der Waals surface area contributed by atoms with E-state index in [-0.39, 0.29) is 12.0 Å². The highest BCUT2D eigenvalue weighted by atomic mass is 32.1. The maximum absolute atomic E-state index is 13.0. The quantitative estimate of drug-likeness (QED) is 0.926. The molecule has 20 heavy (non-hydrogen) atoms. The van der Waals surface area contributed by atoms with Gasteiger partial charge in [-0.05, 0) is 37.1 Å². The largest absolute Gasteiger partial charge is 0.365 e. The molecule has 1 aromatic carbocycles. The van der Waals surface area contributed by atoms with Gasteiger partial charge in [0, 0.05) is 25.0 Å². The Labute approximate surface area is 122 Å². The molecule has 5 heteroatoms. The van der Waals surface area contributed by atoms with Crippen LogP contribution < -0.4 is 5.32 Å². The lowest BCUT2D eigenvalue weighted by Crippen LogP contribution is -2.37. The van der Waals surface area contributed by atoms with Crippen molar-refractivity contribution in [1.82, 2.24) is 9.88 Å². The van der Waals surface area contributed by atoms with Gasteiger partial charge >= 0.3 is 0 Å². The number of halogens is 1. The van der Waals surface area contributed by atoms with Crippen LogP contribution in [-0.4, -0.2) is 23.0 Å². The van der Waals surface area contributed by atoms with Crippen LogP contribution in [0.4, 0.5) is 10.1 Å². The summed E-state index contributed by atoms with van der Waals surface area (Å²) in [6.07, 6.45) is 5.83. The van der Waals surface area contributed by atoms with E-state index in [4.69, 9.17) is 0 Å². The average molecular weight is 291 g/mol. The molecule has 1 fully saturated rings. The third kappa shape index (κ3) is 3.16. The van der Waals surface area contributed by atoms with Crippen molar-refractivity contribution >= 4 is 17.0 Å². The molecule has 1 saturated heterocycles. The minimum atomic E-state index is -0.206. The van der Waals surface area contributed by atoms with E-state index in [2.05, 4.69) is 15.2 Å². The first-order valence-corrected chi connectivity index (χ1v) is 7.85. The van der Waals surface area contributed by atoms with Gasteiger partial charge in [-0.25, -0.2) is 4.39 Å². The van der Waals surface area contributed by atoms with E-state index < -0.39 is 0 Å². The van der Waals surface area contributed by atoms with Crippen molar-refractivity contribution in [2.75, 3.05) is 18.4 Å². The highest BCUT2D eigenvalue weighted by Gasteiger charge is 2.23. The number of aromatic nitrogens is 1. The summed E-state index contributed by atoms with van der Waals surface area (Å²) in [6, 6.07) is 6.55. The Morgan fingerprint density at radius 3 is 2.55 bits per heavy atom. The predicted molar refractivity (Wildman–Crippen MR) is 80.3 cm³/mol. The zero-order chi connectivity index (χ0) is 13.8. The summed E-state index contributed by atoms with van der Waals surface area (Å²) in [5.74, 6) is -0.206. The van der Waals surface area contributed by atoms with Crippen LogP contribution in [0.5, 0.6) is 0 Å². The van der Waals surface area contributed by atoms with Gasteiger partial charge < -0.3 is 5.32 Å². The van der Waals surface area contributed by atoms with Crippen molar-refractivity contribution in [3.63, 3.8) is 0 Å². The van der Waals surface area contributed by atoms with Gasteiger partial charge in [-0.1, -0.05) is 6.42 Å². The van der Waals surface area contributed by atoms with Gasteiger partial charge in [0.25, 0.3) is 0 Å². The van der Waals surface area contributed by atoms with Gasteiger partial charge in [0.05, 0.1) is 10.4 Å². The third-order valence-corrected chi connectivity index (χ3v) is 4.45. The molecule has 1 unspecified atom stereocenters. The molecular formula is C15H18FN3S. The summed E-state index contributed by atoms with van der Waals surface area (Å²) < 4.78 is 13.0. The Morgan fingerprint density at radius 1 is 1.15 bits per heavy atom. The third-order valence-electron chi connectivity index (χ3n) is 3.62. The number of hydrogen-bond donors (Lipinski definition) is 1. The molecule has 1 N–H and O–H groups in total. The lowest BCUT2D eigenvalue weighted by Gasteiger charge is -2.34. The highest BCUT2D eigenvalue weighted by Crippen LogP contribution is 2.28. The number of thiazole rings is 1. The van der Waals surface area contributed by atoms with Crippen LogP contribution in [0.2, 0.25) is 0 Å². The molecule has 2 heterocycles.